The van der Waals surface area contributed by atoms with Crippen molar-refractivity contribution in [1.29, 1.82) is 0 Å². The Morgan fingerprint density at radius 2 is 2.23 bits per heavy atom. The molecule has 9 nitrogen and oxygen atoms in total. The Kier molecular flexibility index (Phi) is 7.29. The third-order valence-electron chi connectivity index (χ3n) is 4.51. The molecule has 2 aromatic heterocycles. The van der Waals surface area contributed by atoms with Gasteiger partial charge in [-0.15, -0.1) is 10.2 Å². The smallest absolute Gasteiger partial charge is 0.339 e. The van der Waals surface area contributed by atoms with Crippen LogP contribution in [-0.4, -0.2) is 43.8 Å². The van der Waals surface area contributed by atoms with Crippen LogP contribution < -0.4 is 10.1 Å². The molecule has 0 spiro atoms. The molecule has 0 aliphatic carbocycles. The summed E-state index contributed by atoms with van der Waals surface area (Å²) in [5.74, 6) is -0.863. The number of halogens is 2. The van der Waals surface area contributed by atoms with Crippen LogP contribution >= 0.6 is 15.9 Å². The van der Waals surface area contributed by atoms with Gasteiger partial charge in [-0.3, -0.25) is 4.79 Å². The van der Waals surface area contributed by atoms with Gasteiger partial charge in [0, 0.05) is 12.1 Å². The van der Waals surface area contributed by atoms with Gasteiger partial charge in [0.15, 0.2) is 5.82 Å². The van der Waals surface area contributed by atoms with E-state index < -0.39 is 11.8 Å². The maximum Gasteiger partial charge on any atom is 0.339 e. The minimum absolute atomic E-state index is 0.0151. The van der Waals surface area contributed by atoms with Crippen LogP contribution in [0, 0.1) is 5.82 Å². The predicted molar refractivity (Wildman–Crippen MR) is 113 cm³/mol. The van der Waals surface area contributed by atoms with Gasteiger partial charge in [-0.05, 0) is 53.9 Å². The van der Waals surface area contributed by atoms with Crippen molar-refractivity contribution >= 4 is 34.1 Å². The third kappa shape index (κ3) is 5.43. The Morgan fingerprint density at radius 3 is 2.97 bits per heavy atom. The zero-order valence-corrected chi connectivity index (χ0v) is 18.0. The molecule has 11 heteroatoms. The number of carbonyl (C=O) groups excluding carboxylic acids is 1. The number of amides is 1. The highest BCUT2D eigenvalue weighted by molar-refractivity contribution is 9.10. The van der Waals surface area contributed by atoms with Gasteiger partial charge < -0.3 is 19.7 Å². The van der Waals surface area contributed by atoms with Crippen molar-refractivity contribution in [2.45, 2.75) is 25.8 Å². The molecule has 1 aromatic carbocycles. The number of rotatable bonds is 10. The summed E-state index contributed by atoms with van der Waals surface area (Å²) in [7, 11) is 0. The second kappa shape index (κ2) is 10.1. The fourth-order valence-electron chi connectivity index (χ4n) is 2.96. The number of nitrogens with one attached hydrogen (secondary N) is 1. The van der Waals surface area contributed by atoms with Crippen LogP contribution in [0.4, 0.5) is 10.2 Å². The summed E-state index contributed by atoms with van der Waals surface area (Å²) in [5, 5.41) is 19.9. The van der Waals surface area contributed by atoms with Crippen LogP contribution in [0.25, 0.3) is 11.5 Å². The molecule has 0 saturated carbocycles. The number of benzene rings is 1. The fraction of sp³-hybridized carbons (Fsp3) is 0.250. The number of aromatic carboxylic acids is 1. The minimum Gasteiger partial charge on any atom is -0.493 e. The van der Waals surface area contributed by atoms with Gasteiger partial charge in [0.2, 0.25) is 6.41 Å². The fourth-order valence-corrected chi connectivity index (χ4v) is 3.31. The topological polar surface area (TPSA) is 119 Å². The number of nitrogens with zero attached hydrogens (tertiary/aromatic N) is 4. The quantitative estimate of drug-likeness (QED) is 0.325. The summed E-state index contributed by atoms with van der Waals surface area (Å²) in [6, 6.07) is 7.40. The molecule has 2 N–H and O–H groups in total. The first-order valence-corrected chi connectivity index (χ1v) is 10.1. The number of hydrogen-bond donors (Lipinski definition) is 2. The molecule has 0 bridgehead atoms. The van der Waals surface area contributed by atoms with E-state index in [0.29, 0.717) is 36.6 Å². The Labute approximate surface area is 185 Å². The number of carbonyl (C=O) groups is 2. The molecule has 1 atom stereocenters. The van der Waals surface area contributed by atoms with Crippen LogP contribution in [0.5, 0.6) is 5.75 Å². The lowest BCUT2D eigenvalue weighted by molar-refractivity contribution is -0.105. The molecule has 0 aliphatic heterocycles. The van der Waals surface area contributed by atoms with E-state index in [9.17, 15) is 19.1 Å². The first kappa shape index (κ1) is 22.3. The molecule has 0 saturated heterocycles. The number of carboxylic acid groups (broad SMARTS) is 1. The second-order valence-corrected chi connectivity index (χ2v) is 7.49. The number of aromatic nitrogens is 4. The van der Waals surface area contributed by atoms with Gasteiger partial charge in [0.05, 0.1) is 11.1 Å². The van der Waals surface area contributed by atoms with Gasteiger partial charge in [0.25, 0.3) is 0 Å². The first-order chi connectivity index (χ1) is 14.9. The molecule has 3 rings (SSSR count). The van der Waals surface area contributed by atoms with E-state index in [1.165, 1.54) is 6.07 Å². The number of ether oxygens (including phenoxy) is 1. The maximum atomic E-state index is 13.8. The van der Waals surface area contributed by atoms with Gasteiger partial charge in [-0.2, -0.15) is 0 Å². The van der Waals surface area contributed by atoms with Crippen molar-refractivity contribution in [2.75, 3.05) is 11.9 Å². The van der Waals surface area contributed by atoms with Gasteiger partial charge >= 0.3 is 5.97 Å². The van der Waals surface area contributed by atoms with E-state index in [2.05, 4.69) is 36.4 Å². The summed E-state index contributed by atoms with van der Waals surface area (Å²) in [5.41, 5.74) is 0.446. The lowest BCUT2D eigenvalue weighted by atomic mass is 10.1. The zero-order chi connectivity index (χ0) is 22.4. The van der Waals surface area contributed by atoms with Crippen LogP contribution in [-0.2, 0) is 4.79 Å². The average Bonchev–Trinajstić information content (AvgIpc) is 3.23. The van der Waals surface area contributed by atoms with E-state index in [4.69, 9.17) is 4.74 Å². The molecule has 0 radical (unpaired) electrons. The first-order valence-electron chi connectivity index (χ1n) is 9.33. The van der Waals surface area contributed by atoms with Gasteiger partial charge in [-0.1, -0.05) is 6.07 Å². The van der Waals surface area contributed by atoms with Crippen molar-refractivity contribution < 1.29 is 23.8 Å². The van der Waals surface area contributed by atoms with Crippen LogP contribution in [0.3, 0.4) is 0 Å². The number of carboxylic acids is 1. The summed E-state index contributed by atoms with van der Waals surface area (Å²) >= 11 is 2.98. The molecule has 2 heterocycles. The minimum atomic E-state index is -1.20. The molecule has 1 unspecified atom stereocenters. The molecule has 1 amide bonds. The molecular formula is C20H19BrFN5O4. The van der Waals surface area contributed by atoms with Crippen molar-refractivity contribution in [3.05, 3.63) is 52.5 Å². The van der Waals surface area contributed by atoms with Crippen molar-refractivity contribution in [3.63, 3.8) is 0 Å². The van der Waals surface area contributed by atoms with Crippen molar-refractivity contribution in [1.82, 2.24) is 19.7 Å². The SMILES string of the molecule is CC(CCCOc1cc(F)c(Br)cc1C(=O)O)n1cnnc1-c1cccc(NC=O)n1. The highest BCUT2D eigenvalue weighted by atomic mass is 79.9. The number of anilines is 1. The summed E-state index contributed by atoms with van der Waals surface area (Å²) < 4.78 is 21.2. The number of pyridine rings is 1. The Bertz CT molecular complexity index is 1090. The van der Waals surface area contributed by atoms with E-state index in [0.717, 1.165) is 6.07 Å². The highest BCUT2D eigenvalue weighted by Gasteiger charge is 2.17. The molecule has 0 fully saturated rings. The molecule has 0 aliphatic rings. The van der Waals surface area contributed by atoms with E-state index in [1.54, 1.807) is 24.5 Å². The lowest BCUT2D eigenvalue weighted by Crippen LogP contribution is -2.10. The van der Waals surface area contributed by atoms with Crippen LogP contribution in [0.1, 0.15) is 36.2 Å². The molecule has 162 valence electrons. The standard InChI is InChI=1S/C20H19BrFN5O4/c1-12(4-3-7-31-17-9-15(22)14(21)8-13(17)20(29)30)27-10-24-26-19(27)16-5-2-6-18(25-16)23-11-28/h2,5-6,8-12H,3-4,7H2,1H3,(H,29,30)(H,23,25,28). The summed E-state index contributed by atoms with van der Waals surface area (Å²) in [4.78, 5) is 26.3. The zero-order valence-electron chi connectivity index (χ0n) is 16.5. The Morgan fingerprint density at radius 1 is 1.42 bits per heavy atom. The largest absolute Gasteiger partial charge is 0.493 e. The van der Waals surface area contributed by atoms with E-state index >= 15 is 0 Å². The predicted octanol–water partition coefficient (Wildman–Crippen LogP) is 3.93. The van der Waals surface area contributed by atoms with Gasteiger partial charge in [-0.25, -0.2) is 14.2 Å². The van der Waals surface area contributed by atoms with Crippen molar-refractivity contribution in [3.8, 4) is 17.3 Å². The van der Waals surface area contributed by atoms with Crippen molar-refractivity contribution in [2.24, 2.45) is 0 Å². The number of hydrogen-bond acceptors (Lipinski definition) is 6. The second-order valence-electron chi connectivity index (χ2n) is 6.64. The van der Waals surface area contributed by atoms with Crippen LogP contribution in [0.2, 0.25) is 0 Å². The molecule has 3 aromatic rings. The highest BCUT2D eigenvalue weighted by Crippen LogP contribution is 2.27. The molecular weight excluding hydrogens is 473 g/mol. The Balaban J connectivity index is 1.63. The average molecular weight is 492 g/mol. The van der Waals surface area contributed by atoms with Crippen LogP contribution in [0.15, 0.2) is 41.1 Å². The Hall–Kier alpha value is -3.34. The normalized spacial score (nSPS) is 11.7. The summed E-state index contributed by atoms with van der Waals surface area (Å²) in [6.07, 6.45) is 3.38. The van der Waals surface area contributed by atoms with E-state index in [-0.39, 0.29) is 28.4 Å². The maximum absolute atomic E-state index is 13.8. The van der Waals surface area contributed by atoms with Gasteiger partial charge in [0.1, 0.15) is 35.0 Å². The lowest BCUT2D eigenvalue weighted by Gasteiger charge is -2.16. The monoisotopic (exact) mass is 491 g/mol. The third-order valence-corrected chi connectivity index (χ3v) is 5.12. The molecule has 31 heavy (non-hydrogen) atoms. The van der Waals surface area contributed by atoms with E-state index in [1.807, 2.05) is 11.5 Å². The summed E-state index contributed by atoms with van der Waals surface area (Å²) in [6.45, 7) is 2.18.